The van der Waals surface area contributed by atoms with E-state index in [0.717, 1.165) is 6.42 Å². The largest absolute Gasteiger partial charge is 0.394 e. The maximum absolute atomic E-state index is 4.00. The topological polar surface area (TPSA) is 12.0 Å². The molecule has 1 heteroatoms. The van der Waals surface area contributed by atoms with Crippen molar-refractivity contribution < 1.29 is 0 Å². The van der Waals surface area contributed by atoms with Gasteiger partial charge in [-0.1, -0.05) is 12.5 Å². The highest BCUT2D eigenvalue weighted by molar-refractivity contribution is 4.93. The van der Waals surface area contributed by atoms with E-state index in [-0.39, 0.29) is 0 Å². The van der Waals surface area contributed by atoms with Crippen molar-refractivity contribution in [2.75, 3.05) is 7.05 Å². The zero-order valence-electron chi connectivity index (χ0n) is 6.44. The average molecular weight is 125 g/mol. The van der Waals surface area contributed by atoms with E-state index in [9.17, 15) is 0 Å². The molecule has 0 spiro atoms. The highest BCUT2D eigenvalue weighted by Crippen LogP contribution is 1.93. The molecule has 0 fully saturated rings. The number of rotatable bonds is 2. The van der Waals surface area contributed by atoms with Crippen LogP contribution >= 0.6 is 0 Å². The summed E-state index contributed by atoms with van der Waals surface area (Å²) >= 11 is 0. The minimum absolute atomic E-state index is 1.14. The molecule has 1 nitrogen and oxygen atoms in total. The Balaban J connectivity index is 0. The second-order valence-corrected chi connectivity index (χ2v) is 1.63. The van der Waals surface area contributed by atoms with Gasteiger partial charge in [0.25, 0.3) is 0 Å². The molecule has 0 aromatic heterocycles. The number of hydrogen-bond donors (Lipinski definition) is 1. The van der Waals surface area contributed by atoms with Crippen molar-refractivity contribution in [3.05, 3.63) is 11.8 Å². The quantitative estimate of drug-likeness (QED) is 0.555. The van der Waals surface area contributed by atoms with Gasteiger partial charge in [-0.2, -0.15) is 0 Å². The Hall–Kier alpha value is -0.900. The summed E-state index contributed by atoms with van der Waals surface area (Å²) in [6.07, 6.45) is 11.2. The molecule has 0 aliphatic rings. The van der Waals surface area contributed by atoms with Crippen LogP contribution in [0.1, 0.15) is 20.3 Å². The molecule has 0 aromatic rings. The summed E-state index contributed by atoms with van der Waals surface area (Å²) in [6, 6.07) is 0. The van der Waals surface area contributed by atoms with Gasteiger partial charge in [-0.3, -0.25) is 0 Å². The lowest BCUT2D eigenvalue weighted by molar-refractivity contribution is 1.01. The highest BCUT2D eigenvalue weighted by atomic mass is 14.8. The SMILES string of the molecule is C#C.CC/C(C)=C\NC. The first-order valence-electron chi connectivity index (χ1n) is 2.97. The normalized spacial score (nSPS) is 9.22. The Morgan fingerprint density at radius 1 is 1.56 bits per heavy atom. The van der Waals surface area contributed by atoms with Crippen molar-refractivity contribution in [2.45, 2.75) is 20.3 Å². The summed E-state index contributed by atoms with van der Waals surface area (Å²) < 4.78 is 0. The third kappa shape index (κ3) is 11.0. The van der Waals surface area contributed by atoms with Gasteiger partial charge in [0.1, 0.15) is 0 Å². The minimum atomic E-state index is 1.14. The average Bonchev–Trinajstić information content (AvgIpc) is 1.93. The number of allylic oxidation sites excluding steroid dienone is 1. The van der Waals surface area contributed by atoms with E-state index in [0.29, 0.717) is 0 Å². The van der Waals surface area contributed by atoms with E-state index < -0.39 is 0 Å². The van der Waals surface area contributed by atoms with Gasteiger partial charge in [-0.25, -0.2) is 0 Å². The van der Waals surface area contributed by atoms with Crippen molar-refractivity contribution >= 4 is 0 Å². The first kappa shape index (κ1) is 11.0. The monoisotopic (exact) mass is 125 g/mol. The molecule has 0 saturated carbocycles. The lowest BCUT2D eigenvalue weighted by Crippen LogP contribution is -1.93. The van der Waals surface area contributed by atoms with E-state index in [1.165, 1.54) is 5.57 Å². The van der Waals surface area contributed by atoms with Crippen LogP contribution in [0.2, 0.25) is 0 Å². The van der Waals surface area contributed by atoms with Crippen LogP contribution in [0, 0.1) is 12.8 Å². The lowest BCUT2D eigenvalue weighted by Gasteiger charge is -1.91. The van der Waals surface area contributed by atoms with Gasteiger partial charge in [0.05, 0.1) is 0 Å². The standard InChI is InChI=1S/C6H13N.C2H2/c1-4-6(2)5-7-3;1-2/h5,7H,4H2,1-3H3;1-2H/b6-5-;. The molecule has 52 valence electrons. The van der Waals surface area contributed by atoms with Gasteiger partial charge in [-0.15, -0.1) is 12.8 Å². The highest BCUT2D eigenvalue weighted by Gasteiger charge is 1.76. The third-order valence-corrected chi connectivity index (χ3v) is 0.948. The maximum Gasteiger partial charge on any atom is 0.00276 e. The van der Waals surface area contributed by atoms with E-state index >= 15 is 0 Å². The van der Waals surface area contributed by atoms with Crippen molar-refractivity contribution in [1.29, 1.82) is 0 Å². The maximum atomic E-state index is 4.00. The van der Waals surface area contributed by atoms with Gasteiger partial charge in [0.15, 0.2) is 0 Å². The first-order chi connectivity index (χ1) is 4.31. The molecule has 0 aliphatic carbocycles. The molecule has 0 saturated heterocycles. The molecule has 0 aliphatic heterocycles. The van der Waals surface area contributed by atoms with Crippen LogP contribution in [0.25, 0.3) is 0 Å². The van der Waals surface area contributed by atoms with Gasteiger partial charge >= 0.3 is 0 Å². The van der Waals surface area contributed by atoms with Gasteiger partial charge in [0.2, 0.25) is 0 Å². The molecule has 1 N–H and O–H groups in total. The van der Waals surface area contributed by atoms with Crippen LogP contribution in [-0.2, 0) is 0 Å². The molecular formula is C8H15N. The fourth-order valence-corrected chi connectivity index (χ4v) is 0.348. The Morgan fingerprint density at radius 3 is 2.11 bits per heavy atom. The summed E-state index contributed by atoms with van der Waals surface area (Å²) in [4.78, 5) is 0. The van der Waals surface area contributed by atoms with Crippen LogP contribution in [0.15, 0.2) is 11.8 Å². The van der Waals surface area contributed by atoms with E-state index in [2.05, 4.69) is 32.0 Å². The van der Waals surface area contributed by atoms with Crippen LogP contribution in [0.5, 0.6) is 0 Å². The first-order valence-corrected chi connectivity index (χ1v) is 2.97. The van der Waals surface area contributed by atoms with E-state index in [4.69, 9.17) is 0 Å². The minimum Gasteiger partial charge on any atom is -0.394 e. The number of nitrogens with one attached hydrogen (secondary N) is 1. The van der Waals surface area contributed by atoms with Crippen molar-refractivity contribution in [3.63, 3.8) is 0 Å². The molecule has 0 radical (unpaired) electrons. The molecule has 9 heavy (non-hydrogen) atoms. The lowest BCUT2D eigenvalue weighted by atomic mass is 10.3. The van der Waals surface area contributed by atoms with Gasteiger partial charge in [-0.05, 0) is 19.5 Å². The molecule has 0 amide bonds. The van der Waals surface area contributed by atoms with Crippen molar-refractivity contribution in [1.82, 2.24) is 5.32 Å². The summed E-state index contributed by atoms with van der Waals surface area (Å²) in [5, 5.41) is 2.96. The van der Waals surface area contributed by atoms with Crippen LogP contribution in [0.4, 0.5) is 0 Å². The Bertz CT molecular complexity index is 90.0. The molecular weight excluding hydrogens is 110 g/mol. The van der Waals surface area contributed by atoms with E-state index in [1.54, 1.807) is 0 Å². The molecule has 0 aromatic carbocycles. The van der Waals surface area contributed by atoms with Crippen molar-refractivity contribution in [2.24, 2.45) is 0 Å². The van der Waals surface area contributed by atoms with Gasteiger partial charge in [0, 0.05) is 7.05 Å². The smallest absolute Gasteiger partial charge is 0.00276 e. The third-order valence-electron chi connectivity index (χ3n) is 0.948. The van der Waals surface area contributed by atoms with E-state index in [1.807, 2.05) is 13.2 Å². The molecule has 0 bridgehead atoms. The summed E-state index contributed by atoms with van der Waals surface area (Å²) in [5.74, 6) is 0. The zero-order chi connectivity index (χ0) is 7.70. The Morgan fingerprint density at radius 2 is 2.00 bits per heavy atom. The molecule has 0 heterocycles. The molecule has 0 rings (SSSR count). The summed E-state index contributed by atoms with van der Waals surface area (Å²) in [5.41, 5.74) is 1.39. The summed E-state index contributed by atoms with van der Waals surface area (Å²) in [6.45, 7) is 4.25. The second kappa shape index (κ2) is 10.2. The summed E-state index contributed by atoms with van der Waals surface area (Å²) in [7, 11) is 1.92. The van der Waals surface area contributed by atoms with Crippen molar-refractivity contribution in [3.8, 4) is 12.8 Å². The predicted molar refractivity (Wildman–Crippen MR) is 43.0 cm³/mol. The van der Waals surface area contributed by atoms with Crippen LogP contribution < -0.4 is 5.32 Å². The zero-order valence-corrected chi connectivity index (χ0v) is 6.44. The van der Waals surface area contributed by atoms with Crippen LogP contribution in [0.3, 0.4) is 0 Å². The molecule has 0 unspecified atom stereocenters. The Labute approximate surface area is 58.2 Å². The fraction of sp³-hybridized carbons (Fsp3) is 0.500. The predicted octanol–water partition coefficient (Wildman–Crippen LogP) is 1.77. The van der Waals surface area contributed by atoms with Gasteiger partial charge < -0.3 is 5.32 Å². The number of hydrogen-bond acceptors (Lipinski definition) is 1. The Kier molecular flexibility index (Phi) is 12.4. The number of terminal acetylenes is 1. The molecule has 0 atom stereocenters. The fourth-order valence-electron chi connectivity index (χ4n) is 0.348. The second-order valence-electron chi connectivity index (χ2n) is 1.63. The van der Waals surface area contributed by atoms with Crippen LogP contribution in [-0.4, -0.2) is 7.05 Å².